The molecule has 4 heteroatoms. The van der Waals surface area contributed by atoms with Crippen molar-refractivity contribution in [2.45, 2.75) is 32.1 Å². The second-order valence-corrected chi connectivity index (χ2v) is 8.63. The molecule has 0 aromatic heterocycles. The average molecular weight is 358 g/mol. The fourth-order valence-corrected chi connectivity index (χ4v) is 5.20. The van der Waals surface area contributed by atoms with Crippen LogP contribution in [0.2, 0.25) is 0 Å². The quantitative estimate of drug-likeness (QED) is 0.566. The van der Waals surface area contributed by atoms with Crippen LogP contribution in [0.4, 0.5) is 0 Å². The van der Waals surface area contributed by atoms with Crippen molar-refractivity contribution in [2.75, 3.05) is 26.0 Å². The summed E-state index contributed by atoms with van der Waals surface area (Å²) in [5, 5.41) is 0.140. The van der Waals surface area contributed by atoms with Crippen LogP contribution in [-0.2, 0) is 16.0 Å². The highest BCUT2D eigenvalue weighted by Gasteiger charge is 2.43. The van der Waals surface area contributed by atoms with Gasteiger partial charge in [-0.05, 0) is 28.5 Å². The molecule has 134 valence electrons. The number of carbonyl (C=O) groups is 1. The van der Waals surface area contributed by atoms with E-state index in [1.165, 1.54) is 16.7 Å². The lowest BCUT2D eigenvalue weighted by Crippen LogP contribution is -2.47. The van der Waals surface area contributed by atoms with Crippen LogP contribution in [0, 0.1) is 5.41 Å². The number of benzene rings is 1. The first-order chi connectivity index (χ1) is 12.0. The van der Waals surface area contributed by atoms with Crippen LogP contribution >= 0.6 is 11.8 Å². The van der Waals surface area contributed by atoms with Gasteiger partial charge >= 0.3 is 0 Å². The molecule has 1 atom stereocenters. The van der Waals surface area contributed by atoms with Crippen LogP contribution < -0.4 is 0 Å². The Kier molecular flexibility index (Phi) is 5.40. The van der Waals surface area contributed by atoms with Crippen LogP contribution in [0.3, 0.4) is 0 Å². The van der Waals surface area contributed by atoms with Gasteiger partial charge in [-0.15, -0.1) is 18.3 Å². The summed E-state index contributed by atoms with van der Waals surface area (Å²) in [5.41, 5.74) is 4.73. The third-order valence-corrected chi connectivity index (χ3v) is 6.29. The Morgan fingerprint density at radius 1 is 1.40 bits per heavy atom. The number of hydrogen-bond donors (Lipinski definition) is 0. The minimum Gasteiger partial charge on any atom is -0.384 e. The molecule has 0 saturated carbocycles. The van der Waals surface area contributed by atoms with Crippen molar-refractivity contribution in [3.63, 3.8) is 0 Å². The number of ether oxygens (including phenoxy) is 1. The van der Waals surface area contributed by atoms with Gasteiger partial charge in [-0.25, -0.2) is 0 Å². The maximum atomic E-state index is 13.4. The molecule has 25 heavy (non-hydrogen) atoms. The maximum Gasteiger partial charge on any atom is 0.251 e. The number of rotatable bonds is 6. The minimum absolute atomic E-state index is 0.137. The summed E-state index contributed by atoms with van der Waals surface area (Å²) in [4.78, 5) is 15.4. The molecule has 1 unspecified atom stereocenters. The van der Waals surface area contributed by atoms with Gasteiger partial charge in [0.15, 0.2) is 0 Å². The molecule has 2 aliphatic rings. The molecule has 1 aromatic carbocycles. The molecule has 1 amide bonds. The Labute approximate surface area is 155 Å². The SMILES string of the molecule is C=CCN1C(=O)C2=C(CC1SCCOC)c1ccccc1CC2(C)C. The van der Waals surface area contributed by atoms with Gasteiger partial charge < -0.3 is 9.64 Å². The van der Waals surface area contributed by atoms with E-state index in [1.54, 1.807) is 18.9 Å². The summed E-state index contributed by atoms with van der Waals surface area (Å²) >= 11 is 1.80. The molecule has 0 radical (unpaired) electrons. The topological polar surface area (TPSA) is 29.5 Å². The molecular weight excluding hydrogens is 330 g/mol. The van der Waals surface area contributed by atoms with Gasteiger partial charge in [-0.1, -0.05) is 44.2 Å². The number of hydrogen-bond acceptors (Lipinski definition) is 3. The van der Waals surface area contributed by atoms with Gasteiger partial charge in [-0.2, -0.15) is 0 Å². The van der Waals surface area contributed by atoms with Crippen molar-refractivity contribution >= 4 is 23.2 Å². The van der Waals surface area contributed by atoms with E-state index < -0.39 is 0 Å². The Morgan fingerprint density at radius 3 is 2.88 bits per heavy atom. The molecule has 0 N–H and O–H groups in total. The van der Waals surface area contributed by atoms with Crippen molar-refractivity contribution in [1.82, 2.24) is 4.90 Å². The van der Waals surface area contributed by atoms with Gasteiger partial charge in [0.05, 0.1) is 12.0 Å². The van der Waals surface area contributed by atoms with E-state index in [2.05, 4.69) is 44.7 Å². The first-order valence-electron chi connectivity index (χ1n) is 8.84. The number of carbonyl (C=O) groups excluding carboxylic acids is 1. The second kappa shape index (κ2) is 7.38. The third-order valence-electron chi connectivity index (χ3n) is 5.08. The summed E-state index contributed by atoms with van der Waals surface area (Å²) in [6.45, 7) is 9.54. The van der Waals surface area contributed by atoms with Crippen molar-refractivity contribution in [2.24, 2.45) is 5.41 Å². The molecule has 0 spiro atoms. The number of fused-ring (bicyclic) bond motifs is 2. The largest absolute Gasteiger partial charge is 0.384 e. The fourth-order valence-electron chi connectivity index (χ4n) is 4.02. The van der Waals surface area contributed by atoms with Crippen LogP contribution in [0.15, 0.2) is 42.5 Å². The zero-order valence-corrected chi connectivity index (χ0v) is 16.2. The number of nitrogens with zero attached hydrogens (tertiary/aromatic N) is 1. The zero-order chi connectivity index (χ0) is 18.0. The van der Waals surface area contributed by atoms with E-state index in [0.717, 1.165) is 24.2 Å². The molecule has 1 aliphatic carbocycles. The van der Waals surface area contributed by atoms with Crippen molar-refractivity contribution < 1.29 is 9.53 Å². The molecule has 0 fully saturated rings. The first kappa shape index (κ1) is 18.3. The predicted octanol–water partition coefficient (Wildman–Crippen LogP) is 4.15. The van der Waals surface area contributed by atoms with Crippen molar-refractivity contribution in [3.05, 3.63) is 53.6 Å². The predicted molar refractivity (Wildman–Crippen MR) is 105 cm³/mol. The standard InChI is InChI=1S/C21H27NO2S/c1-5-10-22-18(25-12-11-24-4)13-17-16-9-7-6-8-15(16)14-21(2,3)19(17)20(22)23/h5-9,18H,1,10-14H2,2-4H3. The molecule has 0 bridgehead atoms. The smallest absolute Gasteiger partial charge is 0.251 e. The molecular formula is C21H27NO2S. The van der Waals surface area contributed by atoms with E-state index in [-0.39, 0.29) is 16.7 Å². The Morgan fingerprint density at radius 2 is 2.16 bits per heavy atom. The van der Waals surface area contributed by atoms with Gasteiger partial charge in [0.1, 0.15) is 0 Å². The van der Waals surface area contributed by atoms with Crippen LogP contribution in [-0.4, -0.2) is 42.2 Å². The van der Waals surface area contributed by atoms with Crippen molar-refractivity contribution in [3.8, 4) is 0 Å². The van der Waals surface area contributed by atoms with E-state index in [1.807, 2.05) is 11.0 Å². The Balaban J connectivity index is 2.03. The highest BCUT2D eigenvalue weighted by molar-refractivity contribution is 7.99. The summed E-state index contributed by atoms with van der Waals surface area (Å²) in [6, 6.07) is 8.55. The van der Waals surface area contributed by atoms with E-state index in [4.69, 9.17) is 4.74 Å². The van der Waals surface area contributed by atoms with Crippen LogP contribution in [0.5, 0.6) is 0 Å². The van der Waals surface area contributed by atoms with Gasteiger partial charge in [0.2, 0.25) is 0 Å². The van der Waals surface area contributed by atoms with Crippen LogP contribution in [0.25, 0.3) is 5.57 Å². The first-order valence-corrected chi connectivity index (χ1v) is 9.88. The molecule has 1 aromatic rings. The molecule has 1 aliphatic heterocycles. The summed E-state index contributed by atoms with van der Waals surface area (Å²) in [5.74, 6) is 1.06. The minimum atomic E-state index is -0.137. The Hall–Kier alpha value is -1.52. The highest BCUT2D eigenvalue weighted by atomic mass is 32.2. The van der Waals surface area contributed by atoms with Crippen LogP contribution in [0.1, 0.15) is 31.4 Å². The lowest BCUT2D eigenvalue weighted by Gasteiger charge is -2.44. The van der Waals surface area contributed by atoms with Crippen molar-refractivity contribution in [1.29, 1.82) is 0 Å². The number of amides is 1. The van der Waals surface area contributed by atoms with Gasteiger partial charge in [-0.3, -0.25) is 4.79 Å². The summed E-state index contributed by atoms with van der Waals surface area (Å²) in [6.07, 6.45) is 3.64. The second-order valence-electron chi connectivity index (χ2n) is 7.34. The molecule has 0 saturated heterocycles. The van der Waals surface area contributed by atoms with Gasteiger partial charge in [0, 0.05) is 31.4 Å². The molecule has 1 heterocycles. The number of methoxy groups -OCH3 is 1. The summed E-state index contributed by atoms with van der Waals surface area (Å²) in [7, 11) is 1.72. The Bertz CT molecular complexity index is 708. The molecule has 3 nitrogen and oxygen atoms in total. The van der Waals surface area contributed by atoms with E-state index in [0.29, 0.717) is 13.2 Å². The molecule has 3 rings (SSSR count). The fraction of sp³-hybridized carbons (Fsp3) is 0.476. The van der Waals surface area contributed by atoms with E-state index >= 15 is 0 Å². The normalized spacial score (nSPS) is 21.8. The monoisotopic (exact) mass is 357 g/mol. The maximum absolute atomic E-state index is 13.4. The van der Waals surface area contributed by atoms with E-state index in [9.17, 15) is 4.79 Å². The van der Waals surface area contributed by atoms with Gasteiger partial charge in [0.25, 0.3) is 5.91 Å². The summed E-state index contributed by atoms with van der Waals surface area (Å²) < 4.78 is 5.19. The average Bonchev–Trinajstić information content (AvgIpc) is 2.57. The number of thioether (sulfide) groups is 1. The lowest BCUT2D eigenvalue weighted by molar-refractivity contribution is -0.128. The zero-order valence-electron chi connectivity index (χ0n) is 15.4. The third kappa shape index (κ3) is 3.42. The highest BCUT2D eigenvalue weighted by Crippen LogP contribution is 2.48. The lowest BCUT2D eigenvalue weighted by atomic mass is 9.67.